The maximum atomic E-state index is 11.6. The Labute approximate surface area is 87.2 Å². The van der Waals surface area contributed by atoms with Crippen molar-refractivity contribution in [1.82, 2.24) is 5.06 Å². The Kier molecular flexibility index (Phi) is 3.33. The number of nitrogens with zero attached hydrogens (tertiary/aromatic N) is 1. The van der Waals surface area contributed by atoms with Crippen molar-refractivity contribution in [3.05, 3.63) is 28.8 Å². The van der Waals surface area contributed by atoms with Crippen molar-refractivity contribution >= 4 is 23.2 Å². The second kappa shape index (κ2) is 4.30. The predicted molar refractivity (Wildman–Crippen MR) is 55.0 cm³/mol. The maximum Gasteiger partial charge on any atom is 0.279 e. The van der Waals surface area contributed by atoms with Crippen LogP contribution in [0, 0.1) is 0 Å². The summed E-state index contributed by atoms with van der Waals surface area (Å²) in [5.74, 6) is -0.326. The number of amides is 1. The summed E-state index contributed by atoms with van der Waals surface area (Å²) in [6.07, 6.45) is 0. The molecule has 0 aliphatic carbocycles. The summed E-state index contributed by atoms with van der Waals surface area (Å²) in [5.41, 5.74) is 6.33. The van der Waals surface area contributed by atoms with E-state index in [9.17, 15) is 4.79 Å². The van der Waals surface area contributed by atoms with E-state index in [2.05, 4.69) is 0 Å². The lowest BCUT2D eigenvalue weighted by Crippen LogP contribution is -2.26. The molecule has 4 nitrogen and oxygen atoms in total. The van der Waals surface area contributed by atoms with Crippen LogP contribution in [-0.2, 0) is 4.84 Å². The van der Waals surface area contributed by atoms with Gasteiger partial charge >= 0.3 is 0 Å². The van der Waals surface area contributed by atoms with Gasteiger partial charge < -0.3 is 5.73 Å². The second-order valence-electron chi connectivity index (χ2n) is 2.72. The van der Waals surface area contributed by atoms with Gasteiger partial charge in [0, 0.05) is 17.8 Å². The van der Waals surface area contributed by atoms with Crippen LogP contribution in [0.1, 0.15) is 10.4 Å². The van der Waals surface area contributed by atoms with Gasteiger partial charge in [0.25, 0.3) is 5.91 Å². The Balaban J connectivity index is 3.06. The molecule has 0 radical (unpaired) electrons. The Hall–Kier alpha value is -1.26. The van der Waals surface area contributed by atoms with E-state index in [-0.39, 0.29) is 5.91 Å². The van der Waals surface area contributed by atoms with Crippen molar-refractivity contribution < 1.29 is 9.63 Å². The highest BCUT2D eigenvalue weighted by Crippen LogP contribution is 2.19. The molecule has 0 aliphatic heterocycles. The Morgan fingerprint density at radius 3 is 2.79 bits per heavy atom. The van der Waals surface area contributed by atoms with Crippen molar-refractivity contribution in [3.8, 4) is 0 Å². The highest BCUT2D eigenvalue weighted by molar-refractivity contribution is 6.31. The van der Waals surface area contributed by atoms with Crippen molar-refractivity contribution in [1.29, 1.82) is 0 Å². The van der Waals surface area contributed by atoms with Crippen LogP contribution in [0.15, 0.2) is 18.2 Å². The van der Waals surface area contributed by atoms with Crippen LogP contribution in [0.4, 0.5) is 5.69 Å². The summed E-state index contributed by atoms with van der Waals surface area (Å²) < 4.78 is 0. The third-order valence-electron chi connectivity index (χ3n) is 1.81. The van der Waals surface area contributed by atoms with E-state index in [4.69, 9.17) is 22.2 Å². The zero-order valence-electron chi connectivity index (χ0n) is 7.95. The molecular formula is C9H11ClN2O2. The van der Waals surface area contributed by atoms with E-state index in [0.29, 0.717) is 16.3 Å². The summed E-state index contributed by atoms with van der Waals surface area (Å²) in [6, 6.07) is 4.72. The summed E-state index contributed by atoms with van der Waals surface area (Å²) in [5, 5.41) is 1.55. The number of hydrogen-bond donors (Lipinski definition) is 1. The lowest BCUT2D eigenvalue weighted by molar-refractivity contribution is -0.0756. The molecule has 1 aromatic carbocycles. The molecule has 5 heteroatoms. The number of rotatable bonds is 2. The topological polar surface area (TPSA) is 55.6 Å². The van der Waals surface area contributed by atoms with Gasteiger partial charge in [-0.05, 0) is 18.2 Å². The van der Waals surface area contributed by atoms with Gasteiger partial charge in [0.1, 0.15) is 0 Å². The molecule has 0 spiro atoms. The smallest absolute Gasteiger partial charge is 0.279 e. The molecule has 14 heavy (non-hydrogen) atoms. The van der Waals surface area contributed by atoms with E-state index < -0.39 is 0 Å². The Bertz CT molecular complexity index is 355. The van der Waals surface area contributed by atoms with Gasteiger partial charge in [-0.1, -0.05) is 11.6 Å². The molecule has 0 atom stereocenters. The molecular weight excluding hydrogens is 204 g/mol. The van der Waals surface area contributed by atoms with Gasteiger partial charge in [-0.2, -0.15) is 0 Å². The van der Waals surface area contributed by atoms with Crippen LogP contribution >= 0.6 is 11.6 Å². The minimum absolute atomic E-state index is 0.326. The molecule has 0 bridgehead atoms. The lowest BCUT2D eigenvalue weighted by atomic mass is 10.1. The van der Waals surface area contributed by atoms with E-state index >= 15 is 0 Å². The Morgan fingerprint density at radius 1 is 1.57 bits per heavy atom. The fourth-order valence-electron chi connectivity index (χ4n) is 0.966. The molecule has 0 aromatic heterocycles. The van der Waals surface area contributed by atoms with Gasteiger partial charge in [0.2, 0.25) is 0 Å². The standard InChI is InChI=1S/C9H11ClN2O2/c1-12(14-2)9(13)7-5-6(10)3-4-8(7)11/h3-5H,11H2,1-2H3. The minimum Gasteiger partial charge on any atom is -0.398 e. The molecule has 0 aliphatic rings. The number of benzene rings is 1. The molecule has 1 amide bonds. The van der Waals surface area contributed by atoms with Crippen molar-refractivity contribution in [2.45, 2.75) is 0 Å². The van der Waals surface area contributed by atoms with Crippen LogP contribution in [0.2, 0.25) is 5.02 Å². The summed E-state index contributed by atoms with van der Waals surface area (Å²) in [4.78, 5) is 16.4. The SMILES string of the molecule is CON(C)C(=O)c1cc(Cl)ccc1N. The average Bonchev–Trinajstić information content (AvgIpc) is 2.19. The third kappa shape index (κ3) is 2.16. The van der Waals surface area contributed by atoms with E-state index in [1.165, 1.54) is 20.2 Å². The summed E-state index contributed by atoms with van der Waals surface area (Å²) >= 11 is 5.74. The molecule has 0 heterocycles. The number of nitrogen functional groups attached to an aromatic ring is 1. The van der Waals surface area contributed by atoms with E-state index in [0.717, 1.165) is 5.06 Å². The number of hydrogen-bond acceptors (Lipinski definition) is 3. The van der Waals surface area contributed by atoms with Gasteiger partial charge in [-0.15, -0.1) is 0 Å². The molecule has 76 valence electrons. The lowest BCUT2D eigenvalue weighted by Gasteiger charge is -2.14. The van der Waals surface area contributed by atoms with Crippen LogP contribution in [0.3, 0.4) is 0 Å². The number of carbonyl (C=O) groups excluding carboxylic acids is 1. The summed E-state index contributed by atoms with van der Waals surface area (Å²) in [6.45, 7) is 0. The molecule has 1 rings (SSSR count). The average molecular weight is 215 g/mol. The quantitative estimate of drug-likeness (QED) is 0.601. The fraction of sp³-hybridized carbons (Fsp3) is 0.222. The van der Waals surface area contributed by atoms with E-state index in [1.54, 1.807) is 12.1 Å². The zero-order valence-corrected chi connectivity index (χ0v) is 8.71. The summed E-state index contributed by atoms with van der Waals surface area (Å²) in [7, 11) is 2.90. The first-order valence-corrected chi connectivity index (χ1v) is 4.31. The number of halogens is 1. The first-order valence-electron chi connectivity index (χ1n) is 3.93. The predicted octanol–water partition coefficient (Wildman–Crippen LogP) is 1.56. The first-order chi connectivity index (χ1) is 6.56. The second-order valence-corrected chi connectivity index (χ2v) is 3.15. The molecule has 2 N–H and O–H groups in total. The van der Waals surface area contributed by atoms with Crippen LogP contribution in [-0.4, -0.2) is 25.1 Å². The molecule has 0 saturated heterocycles. The highest BCUT2D eigenvalue weighted by atomic mass is 35.5. The van der Waals surface area contributed by atoms with Gasteiger partial charge in [0.05, 0.1) is 12.7 Å². The Morgan fingerprint density at radius 2 is 2.21 bits per heavy atom. The van der Waals surface area contributed by atoms with Gasteiger partial charge in [-0.25, -0.2) is 5.06 Å². The number of carbonyl (C=O) groups is 1. The number of anilines is 1. The molecule has 0 fully saturated rings. The van der Waals surface area contributed by atoms with E-state index in [1.807, 2.05) is 0 Å². The normalized spacial score (nSPS) is 9.93. The minimum atomic E-state index is -0.326. The highest BCUT2D eigenvalue weighted by Gasteiger charge is 2.14. The number of nitrogens with two attached hydrogens (primary N) is 1. The van der Waals surface area contributed by atoms with Crippen LogP contribution in [0.5, 0.6) is 0 Å². The molecule has 0 unspecified atom stereocenters. The monoisotopic (exact) mass is 214 g/mol. The van der Waals surface area contributed by atoms with Crippen LogP contribution in [0.25, 0.3) is 0 Å². The van der Waals surface area contributed by atoms with Crippen molar-refractivity contribution in [3.63, 3.8) is 0 Å². The first kappa shape index (κ1) is 10.8. The van der Waals surface area contributed by atoms with Crippen molar-refractivity contribution in [2.24, 2.45) is 0 Å². The fourth-order valence-corrected chi connectivity index (χ4v) is 1.14. The maximum absolute atomic E-state index is 11.6. The molecule has 0 saturated carbocycles. The van der Waals surface area contributed by atoms with Crippen molar-refractivity contribution in [2.75, 3.05) is 19.9 Å². The number of hydroxylamine groups is 2. The largest absolute Gasteiger partial charge is 0.398 e. The third-order valence-corrected chi connectivity index (χ3v) is 2.04. The molecule has 1 aromatic rings. The van der Waals surface area contributed by atoms with Crippen LogP contribution < -0.4 is 5.73 Å². The zero-order chi connectivity index (χ0) is 10.7. The van der Waals surface area contributed by atoms with Gasteiger partial charge in [-0.3, -0.25) is 9.63 Å². The van der Waals surface area contributed by atoms with Gasteiger partial charge in [0.15, 0.2) is 0 Å².